The Morgan fingerprint density at radius 1 is 1.22 bits per heavy atom. The van der Waals surface area contributed by atoms with E-state index in [-0.39, 0.29) is 5.78 Å². The Hall–Kier alpha value is -1.48. The topological polar surface area (TPSA) is 30.0 Å². The van der Waals surface area contributed by atoms with Crippen molar-refractivity contribution in [1.82, 2.24) is 4.98 Å². The van der Waals surface area contributed by atoms with Crippen molar-refractivity contribution in [2.24, 2.45) is 0 Å². The van der Waals surface area contributed by atoms with E-state index in [2.05, 4.69) is 27.8 Å². The zero-order valence-corrected chi connectivity index (χ0v) is 11.8. The van der Waals surface area contributed by atoms with Gasteiger partial charge in [-0.05, 0) is 24.1 Å². The molecule has 1 heterocycles. The lowest BCUT2D eigenvalue weighted by Crippen LogP contribution is -2.06. The highest BCUT2D eigenvalue weighted by atomic mass is 79.9. The molecule has 0 aliphatic rings. The van der Waals surface area contributed by atoms with E-state index in [1.165, 1.54) is 5.56 Å². The van der Waals surface area contributed by atoms with E-state index < -0.39 is 0 Å². The van der Waals surface area contributed by atoms with Crippen LogP contribution in [0.5, 0.6) is 0 Å². The van der Waals surface area contributed by atoms with Gasteiger partial charge in [-0.25, -0.2) is 0 Å². The number of hydrogen-bond acceptors (Lipinski definition) is 2. The minimum atomic E-state index is 0.0826. The number of carbonyl (C=O) groups excluding carboxylic acids is 1. The van der Waals surface area contributed by atoms with Crippen LogP contribution in [0.15, 0.2) is 47.1 Å². The van der Waals surface area contributed by atoms with Crippen LogP contribution >= 0.6 is 15.9 Å². The number of carbonyl (C=O) groups is 1. The molecule has 0 saturated carbocycles. The van der Waals surface area contributed by atoms with Crippen molar-refractivity contribution in [2.75, 3.05) is 0 Å². The number of rotatable bonds is 4. The Morgan fingerprint density at radius 3 is 2.61 bits per heavy atom. The third kappa shape index (κ3) is 3.05. The first-order valence-corrected chi connectivity index (χ1v) is 6.71. The monoisotopic (exact) mass is 303 g/mol. The average molecular weight is 304 g/mol. The maximum absolute atomic E-state index is 12.1. The van der Waals surface area contributed by atoms with E-state index >= 15 is 0 Å². The maximum atomic E-state index is 12.1. The van der Waals surface area contributed by atoms with E-state index in [9.17, 15) is 4.79 Å². The second-order valence-corrected chi connectivity index (χ2v) is 4.95. The van der Waals surface area contributed by atoms with Crippen LogP contribution in [0.2, 0.25) is 0 Å². The summed E-state index contributed by atoms with van der Waals surface area (Å²) in [4.78, 5) is 16.4. The molecule has 0 fully saturated rings. The van der Waals surface area contributed by atoms with E-state index in [1.807, 2.05) is 42.6 Å². The normalized spacial score (nSPS) is 10.3. The summed E-state index contributed by atoms with van der Waals surface area (Å²) in [7, 11) is 0. The maximum Gasteiger partial charge on any atom is 0.169 e. The largest absolute Gasteiger partial charge is 0.294 e. The fraction of sp³-hybridized carbons (Fsp3) is 0.200. The quantitative estimate of drug-likeness (QED) is 0.804. The predicted octanol–water partition coefficient (Wildman–Crippen LogP) is 3.83. The molecule has 0 saturated heterocycles. The van der Waals surface area contributed by atoms with E-state index in [0.29, 0.717) is 12.0 Å². The van der Waals surface area contributed by atoms with Crippen molar-refractivity contribution in [1.29, 1.82) is 0 Å². The Labute approximate surface area is 115 Å². The number of halogens is 1. The first kappa shape index (κ1) is 13.0. The summed E-state index contributed by atoms with van der Waals surface area (Å²) in [6.45, 7) is 2.09. The van der Waals surface area contributed by atoms with E-state index in [1.54, 1.807) is 0 Å². The summed E-state index contributed by atoms with van der Waals surface area (Å²) in [6.07, 6.45) is 3.14. The van der Waals surface area contributed by atoms with E-state index in [0.717, 1.165) is 16.6 Å². The molecule has 0 amide bonds. The molecule has 2 aromatic rings. The molecule has 3 heteroatoms. The number of benzene rings is 1. The standard InChI is InChI=1S/C15H14BrNO/c1-2-11-7-8-12(17-10-11)9-15(18)13-5-3-4-6-14(13)16/h3-8,10H,2,9H2,1H3. The smallest absolute Gasteiger partial charge is 0.169 e. The van der Waals surface area contributed by atoms with Crippen molar-refractivity contribution >= 4 is 21.7 Å². The summed E-state index contributed by atoms with van der Waals surface area (Å²) in [5.74, 6) is 0.0826. The lowest BCUT2D eigenvalue weighted by Gasteiger charge is -2.04. The molecule has 1 aromatic heterocycles. The summed E-state index contributed by atoms with van der Waals surface area (Å²) in [5, 5.41) is 0. The van der Waals surface area contributed by atoms with Gasteiger partial charge in [0.25, 0.3) is 0 Å². The van der Waals surface area contributed by atoms with Gasteiger partial charge in [0.1, 0.15) is 0 Å². The van der Waals surface area contributed by atoms with Gasteiger partial charge in [-0.2, -0.15) is 0 Å². The molecule has 0 bridgehead atoms. The van der Waals surface area contributed by atoms with Gasteiger partial charge in [0.05, 0.1) is 6.42 Å². The molecular formula is C15H14BrNO. The highest BCUT2D eigenvalue weighted by molar-refractivity contribution is 9.10. The fourth-order valence-electron chi connectivity index (χ4n) is 1.72. The Bertz CT molecular complexity index is 549. The van der Waals surface area contributed by atoms with Crippen molar-refractivity contribution < 1.29 is 4.79 Å². The Kier molecular flexibility index (Phi) is 4.26. The highest BCUT2D eigenvalue weighted by Gasteiger charge is 2.10. The molecule has 1 aromatic carbocycles. The number of aryl methyl sites for hydroxylation is 1. The highest BCUT2D eigenvalue weighted by Crippen LogP contribution is 2.17. The number of Topliss-reactive ketones (excluding diaryl/α,β-unsaturated/α-hetero) is 1. The predicted molar refractivity (Wildman–Crippen MR) is 75.8 cm³/mol. The van der Waals surface area contributed by atoms with E-state index in [4.69, 9.17) is 0 Å². The zero-order valence-electron chi connectivity index (χ0n) is 10.2. The molecule has 2 nitrogen and oxygen atoms in total. The van der Waals surface area contributed by atoms with Crippen molar-refractivity contribution in [3.05, 3.63) is 63.9 Å². The molecule has 0 atom stereocenters. The van der Waals surface area contributed by atoms with Gasteiger partial charge in [-0.3, -0.25) is 9.78 Å². The SMILES string of the molecule is CCc1ccc(CC(=O)c2ccccc2Br)nc1. The summed E-state index contributed by atoms with van der Waals surface area (Å²) >= 11 is 3.39. The lowest BCUT2D eigenvalue weighted by molar-refractivity contribution is 0.0991. The molecular weight excluding hydrogens is 290 g/mol. The summed E-state index contributed by atoms with van der Waals surface area (Å²) < 4.78 is 0.833. The molecule has 0 spiro atoms. The van der Waals surface area contributed by atoms with Crippen LogP contribution in [0, 0.1) is 0 Å². The van der Waals surface area contributed by atoms with Crippen molar-refractivity contribution in [3.63, 3.8) is 0 Å². The molecule has 0 aliphatic heterocycles. The van der Waals surface area contributed by atoms with Gasteiger partial charge in [0.2, 0.25) is 0 Å². The van der Waals surface area contributed by atoms with Gasteiger partial charge in [0.15, 0.2) is 5.78 Å². The first-order valence-electron chi connectivity index (χ1n) is 5.92. The second-order valence-electron chi connectivity index (χ2n) is 4.09. The second kappa shape index (κ2) is 5.91. The van der Waals surface area contributed by atoms with Crippen LogP contribution in [0.4, 0.5) is 0 Å². The summed E-state index contributed by atoms with van der Waals surface area (Å²) in [6, 6.07) is 11.4. The van der Waals surface area contributed by atoms with Crippen LogP contribution in [0.1, 0.15) is 28.5 Å². The number of pyridine rings is 1. The minimum Gasteiger partial charge on any atom is -0.294 e. The minimum absolute atomic E-state index is 0.0826. The molecule has 0 unspecified atom stereocenters. The third-order valence-electron chi connectivity index (χ3n) is 2.81. The number of nitrogens with zero attached hydrogens (tertiary/aromatic N) is 1. The van der Waals surface area contributed by atoms with Gasteiger partial charge in [0, 0.05) is 21.9 Å². The molecule has 92 valence electrons. The van der Waals surface area contributed by atoms with Crippen LogP contribution < -0.4 is 0 Å². The van der Waals surface area contributed by atoms with Gasteiger partial charge in [-0.1, -0.05) is 47.1 Å². The van der Waals surface area contributed by atoms with Crippen LogP contribution in [-0.4, -0.2) is 10.8 Å². The third-order valence-corrected chi connectivity index (χ3v) is 3.50. The van der Waals surface area contributed by atoms with Gasteiger partial charge < -0.3 is 0 Å². The average Bonchev–Trinajstić information content (AvgIpc) is 2.40. The molecule has 0 aliphatic carbocycles. The van der Waals surface area contributed by atoms with Crippen LogP contribution in [0.3, 0.4) is 0 Å². The molecule has 0 radical (unpaired) electrons. The van der Waals surface area contributed by atoms with Crippen molar-refractivity contribution in [3.8, 4) is 0 Å². The van der Waals surface area contributed by atoms with Crippen LogP contribution in [-0.2, 0) is 12.8 Å². The Morgan fingerprint density at radius 2 is 2.00 bits per heavy atom. The summed E-state index contributed by atoms with van der Waals surface area (Å²) in [5.41, 5.74) is 2.71. The van der Waals surface area contributed by atoms with Gasteiger partial charge in [-0.15, -0.1) is 0 Å². The molecule has 18 heavy (non-hydrogen) atoms. The lowest BCUT2D eigenvalue weighted by atomic mass is 10.1. The zero-order chi connectivity index (χ0) is 13.0. The van der Waals surface area contributed by atoms with Crippen molar-refractivity contribution in [2.45, 2.75) is 19.8 Å². The van der Waals surface area contributed by atoms with Crippen LogP contribution in [0.25, 0.3) is 0 Å². The number of aromatic nitrogens is 1. The molecule has 2 rings (SSSR count). The first-order chi connectivity index (χ1) is 8.70. The van der Waals surface area contributed by atoms with Gasteiger partial charge >= 0.3 is 0 Å². The number of hydrogen-bond donors (Lipinski definition) is 0. The Balaban J connectivity index is 2.14. The number of ketones is 1. The fourth-order valence-corrected chi connectivity index (χ4v) is 2.22. The molecule has 0 N–H and O–H groups in total.